The van der Waals surface area contributed by atoms with Crippen LogP contribution >= 0.6 is 0 Å². The van der Waals surface area contributed by atoms with E-state index in [2.05, 4.69) is 33.1 Å². The van der Waals surface area contributed by atoms with Crippen molar-refractivity contribution >= 4 is 26.7 Å². The molecule has 3 aromatic rings. The highest BCUT2D eigenvalue weighted by Crippen LogP contribution is 2.34. The van der Waals surface area contributed by atoms with Crippen LogP contribution in [-0.2, 0) is 21.4 Å². The Labute approximate surface area is 250 Å². The van der Waals surface area contributed by atoms with Crippen molar-refractivity contribution in [2.75, 3.05) is 19.7 Å². The highest BCUT2D eigenvalue weighted by molar-refractivity contribution is 7.89. The van der Waals surface area contributed by atoms with Gasteiger partial charge in [0.1, 0.15) is 5.75 Å². The summed E-state index contributed by atoms with van der Waals surface area (Å²) < 4.78 is 36.1. The first-order valence-electron chi connectivity index (χ1n) is 15.7. The molecule has 6 rings (SSSR count). The van der Waals surface area contributed by atoms with Crippen LogP contribution in [0.5, 0.6) is 5.75 Å². The smallest absolute Gasteiger partial charge is 0.240 e. The fourth-order valence-corrected chi connectivity index (χ4v) is 8.29. The molecular formula is C34H43N3O4S. The molecule has 3 aliphatic rings. The van der Waals surface area contributed by atoms with E-state index in [0.717, 1.165) is 73.8 Å². The van der Waals surface area contributed by atoms with Gasteiger partial charge in [-0.05, 0) is 79.2 Å². The Morgan fingerprint density at radius 3 is 2.45 bits per heavy atom. The first kappa shape index (κ1) is 29.1. The SMILES string of the molecule is O=C(CC(NS(=O)(=O)c1ccc2ccccc2c1)C1CCCCC1)NC1CCOc2cc(CN3CCCCC3)ccc21. The number of amides is 1. The summed E-state index contributed by atoms with van der Waals surface area (Å²) in [5, 5.41) is 5.11. The standard InChI is InChI=1S/C34H43N3O4S/c38-34(35-31-17-20-41-33-21-25(13-16-30(31)33)24-37-18-7-2-8-19-37)23-32(27-10-3-1-4-11-27)36-42(39,40)29-15-14-26-9-5-6-12-28(26)22-29/h5-6,9,12-16,21-22,27,31-32,36H,1-4,7-8,10-11,17-20,23-24H2,(H,35,38). The number of sulfonamides is 1. The van der Waals surface area contributed by atoms with Crippen molar-refractivity contribution in [3.05, 3.63) is 71.8 Å². The van der Waals surface area contributed by atoms with E-state index in [0.29, 0.717) is 13.0 Å². The fourth-order valence-electron chi connectivity index (χ4n) is 6.95. The molecule has 2 atom stereocenters. The van der Waals surface area contributed by atoms with E-state index in [9.17, 15) is 13.2 Å². The van der Waals surface area contributed by atoms with Crippen LogP contribution in [0.2, 0.25) is 0 Å². The molecular weight excluding hydrogens is 546 g/mol. The molecule has 0 spiro atoms. The van der Waals surface area contributed by atoms with Crippen molar-refractivity contribution in [2.45, 2.75) is 87.7 Å². The van der Waals surface area contributed by atoms with Gasteiger partial charge in [0.05, 0.1) is 17.5 Å². The van der Waals surface area contributed by atoms with E-state index in [4.69, 9.17) is 4.74 Å². The molecule has 1 amide bonds. The second kappa shape index (κ2) is 13.1. The maximum atomic E-state index is 13.6. The molecule has 2 N–H and O–H groups in total. The zero-order valence-electron chi connectivity index (χ0n) is 24.4. The fraction of sp³-hybridized carbons (Fsp3) is 0.500. The van der Waals surface area contributed by atoms with Crippen LogP contribution in [0.25, 0.3) is 10.8 Å². The third-order valence-corrected chi connectivity index (χ3v) is 10.8. The van der Waals surface area contributed by atoms with Crippen LogP contribution in [0.15, 0.2) is 65.6 Å². The third-order valence-electron chi connectivity index (χ3n) is 9.27. The minimum Gasteiger partial charge on any atom is -0.493 e. The number of nitrogens with zero attached hydrogens (tertiary/aromatic N) is 1. The van der Waals surface area contributed by atoms with Gasteiger partial charge in [-0.1, -0.05) is 68.1 Å². The molecule has 0 bridgehead atoms. The molecule has 1 aliphatic carbocycles. The molecule has 2 heterocycles. The highest BCUT2D eigenvalue weighted by atomic mass is 32.2. The van der Waals surface area contributed by atoms with Crippen LogP contribution in [0.1, 0.15) is 81.4 Å². The predicted octanol–water partition coefficient (Wildman–Crippen LogP) is 6.08. The van der Waals surface area contributed by atoms with E-state index in [1.807, 2.05) is 30.3 Å². The third kappa shape index (κ3) is 6.99. The first-order chi connectivity index (χ1) is 20.4. The second-order valence-electron chi connectivity index (χ2n) is 12.3. The van der Waals surface area contributed by atoms with Gasteiger partial charge in [-0.15, -0.1) is 0 Å². The molecule has 0 aromatic heterocycles. The summed E-state index contributed by atoms with van der Waals surface area (Å²) in [5.74, 6) is 0.864. The topological polar surface area (TPSA) is 87.7 Å². The molecule has 2 aliphatic heterocycles. The largest absolute Gasteiger partial charge is 0.493 e. The Morgan fingerprint density at radius 1 is 0.881 bits per heavy atom. The summed E-state index contributed by atoms with van der Waals surface area (Å²) in [4.78, 5) is 16.2. The van der Waals surface area contributed by atoms with Crippen molar-refractivity contribution < 1.29 is 17.9 Å². The number of likely N-dealkylation sites (tertiary alicyclic amines) is 1. The number of rotatable bonds is 9. The van der Waals surface area contributed by atoms with Crippen LogP contribution in [0.4, 0.5) is 0 Å². The molecule has 3 aromatic carbocycles. The van der Waals surface area contributed by atoms with Crippen molar-refractivity contribution in [1.82, 2.24) is 14.9 Å². The van der Waals surface area contributed by atoms with Crippen molar-refractivity contribution in [1.29, 1.82) is 0 Å². The lowest BCUT2D eigenvalue weighted by atomic mass is 9.83. The Balaban J connectivity index is 1.15. The second-order valence-corrected chi connectivity index (χ2v) is 14.0. The van der Waals surface area contributed by atoms with Crippen molar-refractivity contribution in [2.24, 2.45) is 5.92 Å². The highest BCUT2D eigenvalue weighted by Gasteiger charge is 2.32. The number of hydrogen-bond donors (Lipinski definition) is 2. The maximum absolute atomic E-state index is 13.6. The number of hydrogen-bond acceptors (Lipinski definition) is 5. The minimum absolute atomic E-state index is 0.122. The van der Waals surface area contributed by atoms with Gasteiger partial charge in [-0.3, -0.25) is 9.69 Å². The average molecular weight is 590 g/mol. The zero-order chi connectivity index (χ0) is 28.9. The molecule has 42 heavy (non-hydrogen) atoms. The molecule has 1 saturated heterocycles. The molecule has 8 heteroatoms. The summed E-state index contributed by atoms with van der Waals surface area (Å²) in [5.41, 5.74) is 2.24. The van der Waals surface area contributed by atoms with E-state index in [-0.39, 0.29) is 29.2 Å². The zero-order valence-corrected chi connectivity index (χ0v) is 25.2. The van der Waals surface area contributed by atoms with Crippen molar-refractivity contribution in [3.63, 3.8) is 0 Å². The van der Waals surface area contributed by atoms with Gasteiger partial charge in [-0.2, -0.15) is 0 Å². The normalized spacial score (nSPS) is 20.9. The van der Waals surface area contributed by atoms with Gasteiger partial charge in [-0.25, -0.2) is 13.1 Å². The van der Waals surface area contributed by atoms with Crippen LogP contribution < -0.4 is 14.8 Å². The van der Waals surface area contributed by atoms with Gasteiger partial charge in [0, 0.05) is 31.0 Å². The van der Waals surface area contributed by atoms with Crippen molar-refractivity contribution in [3.8, 4) is 5.75 Å². The molecule has 2 unspecified atom stereocenters. The lowest BCUT2D eigenvalue weighted by molar-refractivity contribution is -0.122. The quantitative estimate of drug-likeness (QED) is 0.316. The van der Waals surface area contributed by atoms with E-state index in [1.165, 1.54) is 24.8 Å². The molecule has 224 valence electrons. The number of nitrogens with one attached hydrogen (secondary N) is 2. The average Bonchev–Trinajstić information content (AvgIpc) is 3.01. The Hall–Kier alpha value is -2.94. The summed E-state index contributed by atoms with van der Waals surface area (Å²) in [6.07, 6.45) is 9.80. The molecule has 2 fully saturated rings. The predicted molar refractivity (Wildman–Crippen MR) is 166 cm³/mol. The number of piperidine rings is 1. The Kier molecular flexibility index (Phi) is 9.12. The lowest BCUT2D eigenvalue weighted by Gasteiger charge is -2.32. The molecule has 0 radical (unpaired) electrons. The Bertz CT molecular complexity index is 1500. The van der Waals surface area contributed by atoms with E-state index < -0.39 is 16.1 Å². The monoisotopic (exact) mass is 589 g/mol. The van der Waals surface area contributed by atoms with Crippen LogP contribution in [0.3, 0.4) is 0 Å². The van der Waals surface area contributed by atoms with Gasteiger partial charge < -0.3 is 10.1 Å². The van der Waals surface area contributed by atoms with E-state index in [1.54, 1.807) is 12.1 Å². The number of fused-ring (bicyclic) bond motifs is 2. The van der Waals surface area contributed by atoms with E-state index >= 15 is 0 Å². The number of carbonyl (C=O) groups excluding carboxylic acids is 1. The van der Waals surface area contributed by atoms with Crippen LogP contribution in [0, 0.1) is 5.92 Å². The Morgan fingerprint density at radius 2 is 1.64 bits per heavy atom. The van der Waals surface area contributed by atoms with Gasteiger partial charge in [0.25, 0.3) is 0 Å². The van der Waals surface area contributed by atoms with Gasteiger partial charge in [0.2, 0.25) is 15.9 Å². The summed E-state index contributed by atoms with van der Waals surface area (Å²) >= 11 is 0. The molecule has 1 saturated carbocycles. The lowest BCUT2D eigenvalue weighted by Crippen LogP contribution is -2.45. The van der Waals surface area contributed by atoms with Gasteiger partial charge in [0.15, 0.2) is 0 Å². The first-order valence-corrected chi connectivity index (χ1v) is 17.2. The number of carbonyl (C=O) groups is 1. The summed E-state index contributed by atoms with van der Waals surface area (Å²) in [7, 11) is -3.80. The maximum Gasteiger partial charge on any atom is 0.240 e. The summed E-state index contributed by atoms with van der Waals surface area (Å²) in [6.45, 7) is 3.76. The summed E-state index contributed by atoms with van der Waals surface area (Å²) in [6, 6.07) is 18.7. The molecule has 7 nitrogen and oxygen atoms in total. The van der Waals surface area contributed by atoms with Gasteiger partial charge >= 0.3 is 0 Å². The number of ether oxygens (including phenoxy) is 1. The minimum atomic E-state index is -3.80. The number of benzene rings is 3. The van der Waals surface area contributed by atoms with Crippen LogP contribution in [-0.4, -0.2) is 45.0 Å².